The third kappa shape index (κ3) is 12.6. The molecular formula is C19H42BrN. The molecular weight excluding hydrogens is 322 g/mol. The van der Waals surface area contributed by atoms with Crippen LogP contribution in [0.4, 0.5) is 0 Å². The van der Waals surface area contributed by atoms with E-state index in [9.17, 15) is 0 Å². The normalized spacial score (nSPS) is 11.4. The van der Waals surface area contributed by atoms with Crippen LogP contribution < -0.4 is 17.0 Å². The van der Waals surface area contributed by atoms with Gasteiger partial charge < -0.3 is 21.5 Å². The molecule has 0 saturated carbocycles. The fraction of sp³-hybridized carbons (Fsp3) is 1.00. The fourth-order valence-electron chi connectivity index (χ4n) is 3.20. The minimum atomic E-state index is 0. The van der Waals surface area contributed by atoms with Gasteiger partial charge in [0, 0.05) is 0 Å². The van der Waals surface area contributed by atoms with Crippen LogP contribution in [0.5, 0.6) is 0 Å². The number of halogens is 1. The fourth-order valence-corrected chi connectivity index (χ4v) is 3.20. The molecule has 0 aromatic rings. The maximum Gasteiger partial charge on any atom is 0.0786 e. The van der Waals surface area contributed by atoms with Crippen LogP contribution in [0.25, 0.3) is 0 Å². The Bertz CT molecular complexity index is 172. The van der Waals surface area contributed by atoms with Gasteiger partial charge in [0.25, 0.3) is 0 Å². The van der Waals surface area contributed by atoms with Crippen molar-refractivity contribution in [2.45, 2.75) is 98.3 Å². The smallest absolute Gasteiger partial charge is 0.0786 e. The molecule has 0 bridgehead atoms. The van der Waals surface area contributed by atoms with E-state index < -0.39 is 0 Å². The Balaban J connectivity index is 0. The van der Waals surface area contributed by atoms with Crippen molar-refractivity contribution in [3.63, 3.8) is 0 Å². The molecule has 0 spiro atoms. The van der Waals surface area contributed by atoms with Gasteiger partial charge in [-0.3, -0.25) is 0 Å². The number of nitrogens with zero attached hydrogens (tertiary/aromatic N) is 1. The highest BCUT2D eigenvalue weighted by atomic mass is 79.9. The molecule has 0 aromatic heterocycles. The van der Waals surface area contributed by atoms with Gasteiger partial charge in [-0.25, -0.2) is 0 Å². The van der Waals surface area contributed by atoms with E-state index in [0.717, 1.165) is 0 Å². The third-order valence-electron chi connectivity index (χ3n) is 4.69. The summed E-state index contributed by atoms with van der Waals surface area (Å²) in [5, 5.41) is 0. The van der Waals surface area contributed by atoms with E-state index in [1.54, 1.807) is 0 Å². The second kappa shape index (κ2) is 16.8. The molecule has 0 unspecified atom stereocenters. The van der Waals surface area contributed by atoms with Gasteiger partial charge in [0.05, 0.1) is 26.2 Å². The SMILES string of the molecule is CCCCCCC[N+](CCCC)(CCCC)CCCC.[Br-]. The predicted octanol–water partition coefficient (Wildman–Crippen LogP) is 3.18. The Morgan fingerprint density at radius 3 is 1.14 bits per heavy atom. The zero-order valence-corrected chi connectivity index (χ0v) is 17.0. The standard InChI is InChI=1S/C19H42N.BrH/c1-5-9-13-14-15-19-20(16-10-6-2,17-11-7-3)18-12-8-4;/h5-19H2,1-4H3;1H/q+1;/p-1. The van der Waals surface area contributed by atoms with Gasteiger partial charge in [-0.1, -0.05) is 66.2 Å². The summed E-state index contributed by atoms with van der Waals surface area (Å²) in [6.45, 7) is 15.1. The topological polar surface area (TPSA) is 0 Å². The van der Waals surface area contributed by atoms with Crippen molar-refractivity contribution in [2.24, 2.45) is 0 Å². The summed E-state index contributed by atoms with van der Waals surface area (Å²) in [6.07, 6.45) is 15.5. The minimum Gasteiger partial charge on any atom is -1.00 e. The van der Waals surface area contributed by atoms with Crippen LogP contribution >= 0.6 is 0 Å². The van der Waals surface area contributed by atoms with Gasteiger partial charge in [-0.15, -0.1) is 0 Å². The van der Waals surface area contributed by atoms with Crippen molar-refractivity contribution in [2.75, 3.05) is 26.2 Å². The predicted molar refractivity (Wildman–Crippen MR) is 93.2 cm³/mol. The molecule has 0 saturated heterocycles. The highest BCUT2D eigenvalue weighted by Crippen LogP contribution is 2.17. The summed E-state index contributed by atoms with van der Waals surface area (Å²) in [7, 11) is 0. The van der Waals surface area contributed by atoms with E-state index in [1.807, 2.05) is 0 Å². The molecule has 0 aliphatic carbocycles. The molecule has 130 valence electrons. The second-order valence-electron chi connectivity index (χ2n) is 6.71. The van der Waals surface area contributed by atoms with Crippen LogP contribution in [0.15, 0.2) is 0 Å². The number of unbranched alkanes of at least 4 members (excludes halogenated alkanes) is 7. The summed E-state index contributed by atoms with van der Waals surface area (Å²) < 4.78 is 1.43. The van der Waals surface area contributed by atoms with Crippen molar-refractivity contribution < 1.29 is 21.5 Å². The molecule has 1 nitrogen and oxygen atoms in total. The average Bonchev–Trinajstić information content (AvgIpc) is 2.48. The quantitative estimate of drug-likeness (QED) is 0.309. The molecule has 2 heteroatoms. The highest BCUT2D eigenvalue weighted by molar-refractivity contribution is 4.51. The third-order valence-corrected chi connectivity index (χ3v) is 4.69. The Morgan fingerprint density at radius 2 is 0.762 bits per heavy atom. The van der Waals surface area contributed by atoms with E-state index in [1.165, 1.54) is 101 Å². The average molecular weight is 364 g/mol. The maximum absolute atomic E-state index is 2.34. The van der Waals surface area contributed by atoms with Crippen molar-refractivity contribution in [1.82, 2.24) is 0 Å². The van der Waals surface area contributed by atoms with Crippen molar-refractivity contribution in [1.29, 1.82) is 0 Å². The lowest BCUT2D eigenvalue weighted by atomic mass is 10.1. The molecule has 0 atom stereocenters. The van der Waals surface area contributed by atoms with Crippen molar-refractivity contribution in [3.8, 4) is 0 Å². The molecule has 0 rings (SSSR count). The molecule has 0 N–H and O–H groups in total. The molecule has 0 aromatic carbocycles. The van der Waals surface area contributed by atoms with Gasteiger partial charge in [-0.2, -0.15) is 0 Å². The van der Waals surface area contributed by atoms with E-state index in [2.05, 4.69) is 27.7 Å². The molecule has 21 heavy (non-hydrogen) atoms. The van der Waals surface area contributed by atoms with Crippen LogP contribution in [-0.4, -0.2) is 30.7 Å². The monoisotopic (exact) mass is 363 g/mol. The van der Waals surface area contributed by atoms with E-state index >= 15 is 0 Å². The lowest BCUT2D eigenvalue weighted by molar-refractivity contribution is -0.929. The first-order chi connectivity index (χ1) is 9.74. The summed E-state index contributed by atoms with van der Waals surface area (Å²) in [5.74, 6) is 0. The van der Waals surface area contributed by atoms with E-state index in [0.29, 0.717) is 0 Å². The lowest BCUT2D eigenvalue weighted by Crippen LogP contribution is -3.00. The van der Waals surface area contributed by atoms with Crippen LogP contribution in [-0.2, 0) is 0 Å². The molecule has 0 radical (unpaired) electrons. The largest absolute Gasteiger partial charge is 1.00 e. The van der Waals surface area contributed by atoms with Gasteiger partial charge >= 0.3 is 0 Å². The molecule has 0 aliphatic heterocycles. The summed E-state index contributed by atoms with van der Waals surface area (Å²) in [6, 6.07) is 0. The zero-order valence-electron chi connectivity index (χ0n) is 15.4. The molecule has 0 amide bonds. The Kier molecular flexibility index (Phi) is 19.0. The first kappa shape index (κ1) is 23.7. The first-order valence-corrected chi connectivity index (χ1v) is 9.59. The zero-order chi connectivity index (χ0) is 15.1. The molecule has 0 heterocycles. The number of quaternary nitrogens is 1. The van der Waals surface area contributed by atoms with Crippen LogP contribution in [0.3, 0.4) is 0 Å². The van der Waals surface area contributed by atoms with Gasteiger partial charge in [-0.05, 0) is 32.1 Å². The highest BCUT2D eigenvalue weighted by Gasteiger charge is 2.24. The van der Waals surface area contributed by atoms with Gasteiger partial charge in [0.2, 0.25) is 0 Å². The molecule has 0 aliphatic rings. The summed E-state index contributed by atoms with van der Waals surface area (Å²) in [4.78, 5) is 0. The summed E-state index contributed by atoms with van der Waals surface area (Å²) in [5.41, 5.74) is 0. The van der Waals surface area contributed by atoms with Crippen LogP contribution in [0.1, 0.15) is 98.3 Å². The number of rotatable bonds is 15. The minimum absolute atomic E-state index is 0. The Labute approximate surface area is 146 Å². The van der Waals surface area contributed by atoms with Crippen molar-refractivity contribution >= 4 is 0 Å². The van der Waals surface area contributed by atoms with E-state index in [4.69, 9.17) is 0 Å². The second-order valence-corrected chi connectivity index (χ2v) is 6.71. The first-order valence-electron chi connectivity index (χ1n) is 9.59. The Hall–Kier alpha value is 0.440. The number of hydrogen-bond donors (Lipinski definition) is 0. The van der Waals surface area contributed by atoms with Crippen LogP contribution in [0.2, 0.25) is 0 Å². The maximum atomic E-state index is 2.34. The van der Waals surface area contributed by atoms with E-state index in [-0.39, 0.29) is 17.0 Å². The Morgan fingerprint density at radius 1 is 0.429 bits per heavy atom. The van der Waals surface area contributed by atoms with Gasteiger partial charge in [0.1, 0.15) is 0 Å². The summed E-state index contributed by atoms with van der Waals surface area (Å²) >= 11 is 0. The lowest BCUT2D eigenvalue weighted by Gasteiger charge is -2.39. The number of hydrogen-bond acceptors (Lipinski definition) is 0. The van der Waals surface area contributed by atoms with Gasteiger partial charge in [0.15, 0.2) is 0 Å². The molecule has 0 fully saturated rings. The van der Waals surface area contributed by atoms with Crippen molar-refractivity contribution in [3.05, 3.63) is 0 Å². The van der Waals surface area contributed by atoms with Crippen LogP contribution in [0, 0.1) is 0 Å².